The Morgan fingerprint density at radius 2 is 2.38 bits per heavy atom. The molecule has 1 saturated heterocycles. The molecule has 13 heavy (non-hydrogen) atoms. The lowest BCUT2D eigenvalue weighted by Gasteiger charge is -2.34. The first-order chi connectivity index (χ1) is 6.41. The van der Waals surface area contributed by atoms with E-state index in [0.717, 1.165) is 19.6 Å². The van der Waals surface area contributed by atoms with Crippen molar-refractivity contribution < 1.29 is 0 Å². The van der Waals surface area contributed by atoms with E-state index in [1.54, 1.807) is 10.4 Å². The first-order valence-corrected chi connectivity index (χ1v) is 5.81. The summed E-state index contributed by atoms with van der Waals surface area (Å²) in [6.07, 6.45) is 2.46. The number of fused-ring (bicyclic) bond motifs is 2. The summed E-state index contributed by atoms with van der Waals surface area (Å²) in [5, 5.41) is 9.37. The molecule has 3 rings (SSSR count). The van der Waals surface area contributed by atoms with Crippen LogP contribution in [0.15, 0.2) is 11.4 Å². The van der Waals surface area contributed by atoms with E-state index in [4.69, 9.17) is 0 Å². The molecule has 1 unspecified atom stereocenters. The summed E-state index contributed by atoms with van der Waals surface area (Å²) in [6.45, 7) is 3.41. The van der Waals surface area contributed by atoms with Gasteiger partial charge >= 0.3 is 0 Å². The third-order valence-electron chi connectivity index (χ3n) is 3.23. The quantitative estimate of drug-likeness (QED) is 0.646. The van der Waals surface area contributed by atoms with Crippen LogP contribution in [-0.2, 0) is 12.0 Å². The van der Waals surface area contributed by atoms with Crippen LogP contribution < -0.4 is 10.6 Å². The Morgan fingerprint density at radius 3 is 3.23 bits per heavy atom. The topological polar surface area (TPSA) is 24.1 Å². The minimum Gasteiger partial charge on any atom is -0.314 e. The Hall–Kier alpha value is -0.380. The van der Waals surface area contributed by atoms with Crippen LogP contribution in [0.2, 0.25) is 0 Å². The van der Waals surface area contributed by atoms with Crippen LogP contribution in [0, 0.1) is 0 Å². The largest absolute Gasteiger partial charge is 0.314 e. The Labute approximate surface area is 82.3 Å². The van der Waals surface area contributed by atoms with Gasteiger partial charge in [0.1, 0.15) is 0 Å². The molecule has 2 N–H and O–H groups in total. The van der Waals surface area contributed by atoms with E-state index >= 15 is 0 Å². The third-order valence-corrected chi connectivity index (χ3v) is 4.21. The second-order valence-electron chi connectivity index (χ2n) is 3.94. The maximum atomic E-state index is 3.68. The van der Waals surface area contributed by atoms with Crippen LogP contribution >= 0.6 is 11.3 Å². The fourth-order valence-electron chi connectivity index (χ4n) is 2.54. The van der Waals surface area contributed by atoms with Gasteiger partial charge < -0.3 is 10.6 Å². The fourth-order valence-corrected chi connectivity index (χ4v) is 3.52. The smallest absolute Gasteiger partial charge is 0.0584 e. The van der Waals surface area contributed by atoms with Crippen molar-refractivity contribution in [3.05, 3.63) is 21.9 Å². The van der Waals surface area contributed by atoms with Gasteiger partial charge in [-0.05, 0) is 36.4 Å². The monoisotopic (exact) mass is 194 g/mol. The van der Waals surface area contributed by atoms with Crippen molar-refractivity contribution in [3.8, 4) is 0 Å². The Morgan fingerprint density at radius 1 is 1.38 bits per heavy atom. The van der Waals surface area contributed by atoms with Gasteiger partial charge in [0.05, 0.1) is 5.54 Å². The van der Waals surface area contributed by atoms with E-state index in [0.29, 0.717) is 0 Å². The molecule has 1 spiro atoms. The number of nitrogens with one attached hydrogen (secondary N) is 2. The summed E-state index contributed by atoms with van der Waals surface area (Å²) in [5.41, 5.74) is 1.85. The molecule has 0 aromatic carbocycles. The molecule has 0 aliphatic carbocycles. The van der Waals surface area contributed by atoms with Crippen LogP contribution in [0.5, 0.6) is 0 Å². The maximum absolute atomic E-state index is 3.68. The molecule has 1 aromatic rings. The van der Waals surface area contributed by atoms with Crippen LogP contribution in [-0.4, -0.2) is 19.6 Å². The highest BCUT2D eigenvalue weighted by Crippen LogP contribution is 2.36. The molecule has 0 amide bonds. The average molecular weight is 194 g/mol. The summed E-state index contributed by atoms with van der Waals surface area (Å²) in [6, 6.07) is 2.30. The van der Waals surface area contributed by atoms with Gasteiger partial charge in [0.15, 0.2) is 0 Å². The van der Waals surface area contributed by atoms with Crippen LogP contribution in [0.1, 0.15) is 16.9 Å². The van der Waals surface area contributed by atoms with E-state index in [1.165, 1.54) is 12.8 Å². The molecule has 0 bridgehead atoms. The second kappa shape index (κ2) is 2.80. The molecule has 2 aliphatic rings. The van der Waals surface area contributed by atoms with Gasteiger partial charge in [0.25, 0.3) is 0 Å². The molecule has 0 saturated carbocycles. The zero-order valence-electron chi connectivity index (χ0n) is 7.60. The molecule has 1 aromatic heterocycles. The van der Waals surface area contributed by atoms with Crippen molar-refractivity contribution in [1.29, 1.82) is 0 Å². The van der Waals surface area contributed by atoms with Crippen molar-refractivity contribution in [2.45, 2.75) is 18.4 Å². The highest BCUT2D eigenvalue weighted by molar-refractivity contribution is 7.10. The van der Waals surface area contributed by atoms with E-state index in [9.17, 15) is 0 Å². The first kappa shape index (κ1) is 7.97. The van der Waals surface area contributed by atoms with Crippen molar-refractivity contribution in [2.24, 2.45) is 0 Å². The van der Waals surface area contributed by atoms with Crippen LogP contribution in [0.25, 0.3) is 0 Å². The van der Waals surface area contributed by atoms with Crippen molar-refractivity contribution in [3.63, 3.8) is 0 Å². The van der Waals surface area contributed by atoms with Crippen LogP contribution in [0.4, 0.5) is 0 Å². The third kappa shape index (κ3) is 1.08. The fraction of sp³-hybridized carbons (Fsp3) is 0.600. The van der Waals surface area contributed by atoms with Gasteiger partial charge in [-0.25, -0.2) is 0 Å². The van der Waals surface area contributed by atoms with Crippen molar-refractivity contribution >= 4 is 11.3 Å². The number of rotatable bonds is 0. The zero-order valence-corrected chi connectivity index (χ0v) is 8.41. The van der Waals surface area contributed by atoms with Crippen molar-refractivity contribution in [1.82, 2.24) is 10.6 Å². The van der Waals surface area contributed by atoms with E-state index < -0.39 is 0 Å². The maximum Gasteiger partial charge on any atom is 0.0584 e. The molecule has 1 atom stereocenters. The lowest BCUT2D eigenvalue weighted by molar-refractivity contribution is 0.349. The average Bonchev–Trinajstić information content (AvgIpc) is 2.74. The van der Waals surface area contributed by atoms with Gasteiger partial charge in [0.2, 0.25) is 0 Å². The minimum absolute atomic E-state index is 0.285. The zero-order chi connectivity index (χ0) is 8.73. The first-order valence-electron chi connectivity index (χ1n) is 4.93. The Bertz CT molecular complexity index is 312. The van der Waals surface area contributed by atoms with E-state index in [-0.39, 0.29) is 5.54 Å². The molecule has 3 heteroatoms. The molecule has 2 aliphatic heterocycles. The summed E-state index contributed by atoms with van der Waals surface area (Å²) in [5.74, 6) is 0. The Kier molecular flexibility index (Phi) is 1.72. The van der Waals surface area contributed by atoms with Gasteiger partial charge in [-0.1, -0.05) is 0 Å². The van der Waals surface area contributed by atoms with Crippen LogP contribution in [0.3, 0.4) is 0 Å². The van der Waals surface area contributed by atoms with Gasteiger partial charge in [-0.15, -0.1) is 11.3 Å². The van der Waals surface area contributed by atoms with E-state index in [1.807, 2.05) is 11.3 Å². The highest BCUT2D eigenvalue weighted by Gasteiger charge is 2.39. The van der Waals surface area contributed by atoms with E-state index in [2.05, 4.69) is 22.1 Å². The predicted octanol–water partition coefficient (Wildman–Crippen LogP) is 1.08. The predicted molar refractivity (Wildman–Crippen MR) is 55.2 cm³/mol. The molecule has 2 nitrogen and oxygen atoms in total. The summed E-state index contributed by atoms with van der Waals surface area (Å²) in [4.78, 5) is 1.60. The molecule has 70 valence electrons. The minimum atomic E-state index is 0.285. The molecule has 3 heterocycles. The highest BCUT2D eigenvalue weighted by atomic mass is 32.1. The number of thiophene rings is 1. The van der Waals surface area contributed by atoms with Gasteiger partial charge in [-0.3, -0.25) is 0 Å². The van der Waals surface area contributed by atoms with Gasteiger partial charge in [0, 0.05) is 18.0 Å². The normalized spacial score (nSPS) is 32.3. The molecular formula is C10H14N2S. The Balaban J connectivity index is 2.08. The summed E-state index contributed by atoms with van der Waals surface area (Å²) < 4.78 is 0. The standard InChI is InChI=1S/C10H14N2S/c1-4-12-10(3-5-11-7-10)8-2-6-13-9(1)8/h2,6,11-12H,1,3-5,7H2. The molecule has 1 fully saturated rings. The lowest BCUT2D eigenvalue weighted by atomic mass is 9.86. The SMILES string of the molecule is c1cc2c(s1)CCNC21CCNC1. The summed E-state index contributed by atoms with van der Waals surface area (Å²) in [7, 11) is 0. The lowest BCUT2D eigenvalue weighted by Crippen LogP contribution is -2.48. The molecule has 0 radical (unpaired) electrons. The second-order valence-corrected chi connectivity index (χ2v) is 4.94. The van der Waals surface area contributed by atoms with Gasteiger partial charge in [-0.2, -0.15) is 0 Å². The summed E-state index contributed by atoms with van der Waals surface area (Å²) >= 11 is 1.92. The number of hydrogen-bond donors (Lipinski definition) is 2. The number of hydrogen-bond acceptors (Lipinski definition) is 3. The molecular weight excluding hydrogens is 180 g/mol. The van der Waals surface area contributed by atoms with Crippen molar-refractivity contribution in [2.75, 3.05) is 19.6 Å².